The average molecular weight is 317 g/mol. The van der Waals surface area contributed by atoms with Crippen molar-refractivity contribution in [2.75, 3.05) is 6.61 Å². The number of hydrogen-bond acceptors (Lipinski definition) is 4. The summed E-state index contributed by atoms with van der Waals surface area (Å²) < 4.78 is 11.8. The van der Waals surface area contributed by atoms with Crippen LogP contribution in [-0.2, 0) is 15.3 Å². The minimum absolute atomic E-state index is 0.329. The number of rotatable bonds is 4. The van der Waals surface area contributed by atoms with Crippen molar-refractivity contribution >= 4 is 34.8 Å². The summed E-state index contributed by atoms with van der Waals surface area (Å²) in [7, 11) is 0. The molecule has 1 aliphatic heterocycles. The van der Waals surface area contributed by atoms with Crippen molar-refractivity contribution in [1.82, 2.24) is 5.32 Å². The number of ether oxygens (including phenoxy) is 2. The van der Waals surface area contributed by atoms with E-state index < -0.39 is 5.79 Å². The van der Waals surface area contributed by atoms with Crippen LogP contribution in [0.5, 0.6) is 0 Å². The van der Waals surface area contributed by atoms with Gasteiger partial charge in [-0.2, -0.15) is 0 Å². The molecule has 1 unspecified atom stereocenters. The standard InChI is InChI=1S/C16H15NO2S2/c1-2-18-16(12-7-4-3-5-8-12)14(17-15(20)19-16)11-13-9-6-10-21-13/h3-11H,2H2,1H3,(H,17,20)/b14-11+. The summed E-state index contributed by atoms with van der Waals surface area (Å²) in [6.07, 6.45) is 2.02. The Bertz CT molecular complexity index is 652. The van der Waals surface area contributed by atoms with Gasteiger partial charge in [-0.3, -0.25) is 0 Å². The highest BCUT2D eigenvalue weighted by Crippen LogP contribution is 2.39. The Morgan fingerprint density at radius 1 is 1.29 bits per heavy atom. The second kappa shape index (κ2) is 5.97. The summed E-state index contributed by atoms with van der Waals surface area (Å²) in [6, 6.07) is 13.9. The molecule has 3 rings (SSSR count). The molecule has 1 aliphatic rings. The quantitative estimate of drug-likeness (QED) is 0.867. The van der Waals surface area contributed by atoms with Gasteiger partial charge in [-0.15, -0.1) is 11.3 Å². The molecule has 1 fully saturated rings. The molecule has 5 heteroatoms. The topological polar surface area (TPSA) is 30.5 Å². The van der Waals surface area contributed by atoms with E-state index in [1.54, 1.807) is 11.3 Å². The molecule has 1 aromatic heterocycles. The summed E-state index contributed by atoms with van der Waals surface area (Å²) in [5.41, 5.74) is 1.73. The molecular formula is C16H15NO2S2. The first kappa shape index (κ1) is 14.3. The normalized spacial score (nSPS) is 23.1. The van der Waals surface area contributed by atoms with Gasteiger partial charge in [0.05, 0.1) is 5.70 Å². The van der Waals surface area contributed by atoms with Crippen LogP contribution in [0.1, 0.15) is 17.4 Å². The van der Waals surface area contributed by atoms with Gasteiger partial charge in [-0.1, -0.05) is 36.4 Å². The van der Waals surface area contributed by atoms with Crippen molar-refractivity contribution in [1.29, 1.82) is 0 Å². The number of thiophene rings is 1. The maximum absolute atomic E-state index is 5.97. The van der Waals surface area contributed by atoms with Gasteiger partial charge in [-0.25, -0.2) is 0 Å². The fourth-order valence-corrected chi connectivity index (χ4v) is 3.20. The fraction of sp³-hybridized carbons (Fsp3) is 0.188. The van der Waals surface area contributed by atoms with Crippen LogP contribution in [0.3, 0.4) is 0 Å². The van der Waals surface area contributed by atoms with Crippen molar-refractivity contribution in [2.24, 2.45) is 0 Å². The molecule has 1 atom stereocenters. The van der Waals surface area contributed by atoms with Gasteiger partial charge in [0.25, 0.3) is 11.0 Å². The molecule has 21 heavy (non-hydrogen) atoms. The molecule has 0 aliphatic carbocycles. The van der Waals surface area contributed by atoms with Gasteiger partial charge < -0.3 is 14.8 Å². The van der Waals surface area contributed by atoms with Gasteiger partial charge in [0.15, 0.2) is 0 Å². The van der Waals surface area contributed by atoms with Gasteiger partial charge in [-0.05, 0) is 36.7 Å². The third-order valence-corrected chi connectivity index (χ3v) is 4.16. The monoisotopic (exact) mass is 317 g/mol. The molecule has 1 saturated heterocycles. The molecule has 0 amide bonds. The summed E-state index contributed by atoms with van der Waals surface area (Å²) in [5.74, 6) is -0.989. The zero-order valence-corrected chi connectivity index (χ0v) is 13.2. The van der Waals surface area contributed by atoms with Crippen molar-refractivity contribution in [2.45, 2.75) is 12.7 Å². The predicted molar refractivity (Wildman–Crippen MR) is 88.9 cm³/mol. The van der Waals surface area contributed by atoms with Crippen molar-refractivity contribution in [3.63, 3.8) is 0 Å². The van der Waals surface area contributed by atoms with Gasteiger partial charge in [0.2, 0.25) is 0 Å². The van der Waals surface area contributed by atoms with E-state index in [1.807, 2.05) is 60.8 Å². The third-order valence-electron chi connectivity index (χ3n) is 3.16. The Labute approximate surface area is 133 Å². The summed E-state index contributed by atoms with van der Waals surface area (Å²) in [6.45, 7) is 2.46. The first-order valence-electron chi connectivity index (χ1n) is 6.70. The molecule has 0 spiro atoms. The third kappa shape index (κ3) is 2.72. The van der Waals surface area contributed by atoms with Gasteiger partial charge >= 0.3 is 0 Å². The minimum atomic E-state index is -0.989. The molecule has 0 saturated carbocycles. The zero-order valence-electron chi connectivity index (χ0n) is 11.5. The van der Waals surface area contributed by atoms with Crippen LogP contribution in [0, 0.1) is 0 Å². The maximum atomic E-state index is 5.97. The van der Waals surface area contributed by atoms with Crippen LogP contribution in [-0.4, -0.2) is 11.8 Å². The number of benzene rings is 1. The number of thiocarbonyl (C=S) groups is 1. The molecule has 2 heterocycles. The SMILES string of the molecule is CCOC1(c2ccccc2)OC(=S)N/C1=C/c1cccs1. The Morgan fingerprint density at radius 2 is 2.10 bits per heavy atom. The Balaban J connectivity index is 2.10. The van der Waals surface area contributed by atoms with Crippen LogP contribution in [0.4, 0.5) is 0 Å². The van der Waals surface area contributed by atoms with Crippen LogP contribution in [0.15, 0.2) is 53.5 Å². The van der Waals surface area contributed by atoms with E-state index in [1.165, 1.54) is 0 Å². The van der Waals surface area contributed by atoms with E-state index in [2.05, 4.69) is 5.32 Å². The first-order valence-corrected chi connectivity index (χ1v) is 7.98. The second-order valence-corrected chi connectivity index (χ2v) is 5.85. The Morgan fingerprint density at radius 3 is 2.76 bits per heavy atom. The van der Waals surface area contributed by atoms with Crippen LogP contribution < -0.4 is 5.32 Å². The lowest BCUT2D eigenvalue weighted by atomic mass is 10.0. The summed E-state index contributed by atoms with van der Waals surface area (Å²) in [5, 5.41) is 5.48. The van der Waals surface area contributed by atoms with Gasteiger partial charge in [0.1, 0.15) is 0 Å². The highest BCUT2D eigenvalue weighted by atomic mass is 32.1. The second-order valence-electron chi connectivity index (χ2n) is 4.50. The average Bonchev–Trinajstić information content (AvgIpc) is 3.10. The highest BCUT2D eigenvalue weighted by molar-refractivity contribution is 7.80. The van der Waals surface area contributed by atoms with Gasteiger partial charge in [0, 0.05) is 17.0 Å². The molecular weight excluding hydrogens is 302 g/mol. The van der Waals surface area contributed by atoms with Crippen molar-refractivity contribution in [3.05, 3.63) is 64.0 Å². The van der Waals surface area contributed by atoms with E-state index in [0.29, 0.717) is 11.8 Å². The summed E-state index contributed by atoms with van der Waals surface area (Å²) >= 11 is 6.86. The number of hydrogen-bond donors (Lipinski definition) is 1. The lowest BCUT2D eigenvalue weighted by Crippen LogP contribution is -2.32. The largest absolute Gasteiger partial charge is 0.427 e. The molecule has 0 bridgehead atoms. The predicted octanol–water partition coefficient (Wildman–Crippen LogP) is 3.88. The lowest BCUT2D eigenvalue weighted by Gasteiger charge is -2.28. The molecule has 2 aromatic rings. The highest BCUT2D eigenvalue weighted by Gasteiger charge is 2.46. The lowest BCUT2D eigenvalue weighted by molar-refractivity contribution is -0.155. The van der Waals surface area contributed by atoms with E-state index >= 15 is 0 Å². The van der Waals surface area contributed by atoms with Crippen LogP contribution >= 0.6 is 23.6 Å². The molecule has 108 valence electrons. The molecule has 3 nitrogen and oxygen atoms in total. The molecule has 1 N–H and O–H groups in total. The molecule has 1 aromatic carbocycles. The smallest absolute Gasteiger partial charge is 0.281 e. The van der Waals surface area contributed by atoms with Crippen LogP contribution in [0.25, 0.3) is 6.08 Å². The fourth-order valence-electron chi connectivity index (χ4n) is 2.32. The van der Waals surface area contributed by atoms with Crippen LogP contribution in [0.2, 0.25) is 0 Å². The first-order chi connectivity index (χ1) is 10.2. The van der Waals surface area contributed by atoms with Crippen molar-refractivity contribution in [3.8, 4) is 0 Å². The van der Waals surface area contributed by atoms with E-state index in [9.17, 15) is 0 Å². The molecule has 0 radical (unpaired) electrons. The Kier molecular flexibility index (Phi) is 4.05. The van der Waals surface area contributed by atoms with E-state index in [0.717, 1.165) is 16.1 Å². The number of nitrogens with one attached hydrogen (secondary N) is 1. The van der Waals surface area contributed by atoms with Crippen molar-refractivity contribution < 1.29 is 9.47 Å². The maximum Gasteiger partial charge on any atom is 0.281 e. The minimum Gasteiger partial charge on any atom is -0.427 e. The summed E-state index contributed by atoms with van der Waals surface area (Å²) in [4.78, 5) is 1.12. The van der Waals surface area contributed by atoms with E-state index in [-0.39, 0.29) is 0 Å². The van der Waals surface area contributed by atoms with E-state index in [4.69, 9.17) is 21.7 Å². The zero-order chi connectivity index (χ0) is 14.7. The Hall–Kier alpha value is -1.69.